The minimum absolute atomic E-state index is 0.0803. The van der Waals surface area contributed by atoms with Gasteiger partial charge in [0.15, 0.2) is 0 Å². The first-order valence-electron chi connectivity index (χ1n) is 5.86. The van der Waals surface area contributed by atoms with E-state index >= 15 is 0 Å². The van der Waals surface area contributed by atoms with Crippen LogP contribution in [0.4, 0.5) is 5.69 Å². The van der Waals surface area contributed by atoms with E-state index in [4.69, 9.17) is 0 Å². The average molecular weight is 346 g/mol. The van der Waals surface area contributed by atoms with Gasteiger partial charge in [-0.2, -0.15) is 0 Å². The van der Waals surface area contributed by atoms with Crippen LogP contribution >= 0.6 is 22.6 Å². The Morgan fingerprint density at radius 2 is 1.94 bits per heavy atom. The molecule has 0 spiro atoms. The van der Waals surface area contributed by atoms with Gasteiger partial charge in [0.25, 0.3) is 0 Å². The highest BCUT2D eigenvalue weighted by molar-refractivity contribution is 14.1. The molecule has 94 valence electrons. The van der Waals surface area contributed by atoms with Crippen molar-refractivity contribution in [3.05, 3.63) is 27.8 Å². The summed E-state index contributed by atoms with van der Waals surface area (Å²) in [5.41, 5.74) is 0.868. The molecule has 0 aliphatic heterocycles. The summed E-state index contributed by atoms with van der Waals surface area (Å²) in [5, 5.41) is 6.18. The van der Waals surface area contributed by atoms with E-state index in [1.165, 1.54) is 3.57 Å². The molecule has 0 aliphatic rings. The second-order valence-electron chi connectivity index (χ2n) is 4.27. The zero-order chi connectivity index (χ0) is 12.7. The van der Waals surface area contributed by atoms with Crippen LogP contribution in [0.25, 0.3) is 0 Å². The zero-order valence-electron chi connectivity index (χ0n) is 10.3. The first kappa shape index (κ1) is 14.4. The predicted molar refractivity (Wildman–Crippen MR) is 80.2 cm³/mol. The van der Waals surface area contributed by atoms with E-state index in [0.717, 1.165) is 18.7 Å². The Morgan fingerprint density at radius 3 is 2.53 bits per heavy atom. The van der Waals surface area contributed by atoms with Crippen molar-refractivity contribution < 1.29 is 4.79 Å². The molecule has 1 amide bonds. The van der Waals surface area contributed by atoms with Crippen molar-refractivity contribution in [2.24, 2.45) is 0 Å². The topological polar surface area (TPSA) is 41.1 Å². The van der Waals surface area contributed by atoms with Crippen LogP contribution in [0.15, 0.2) is 24.3 Å². The van der Waals surface area contributed by atoms with Gasteiger partial charge in [-0.25, -0.2) is 0 Å². The van der Waals surface area contributed by atoms with Crippen molar-refractivity contribution in [3.8, 4) is 0 Å². The maximum Gasteiger partial charge on any atom is 0.224 e. The van der Waals surface area contributed by atoms with Crippen molar-refractivity contribution in [1.82, 2.24) is 5.32 Å². The van der Waals surface area contributed by atoms with E-state index in [0.29, 0.717) is 12.5 Å². The Kier molecular flexibility index (Phi) is 6.50. The Labute approximate surface area is 117 Å². The second-order valence-corrected chi connectivity index (χ2v) is 5.51. The summed E-state index contributed by atoms with van der Waals surface area (Å²) < 4.78 is 1.17. The molecule has 3 nitrogen and oxygen atoms in total. The van der Waals surface area contributed by atoms with Gasteiger partial charge in [-0.05, 0) is 59.8 Å². The third-order valence-corrected chi connectivity index (χ3v) is 2.98. The van der Waals surface area contributed by atoms with Crippen molar-refractivity contribution >= 4 is 34.2 Å². The third-order valence-electron chi connectivity index (χ3n) is 2.26. The Bertz CT molecular complexity index is 349. The highest BCUT2D eigenvalue weighted by atomic mass is 127. The first-order chi connectivity index (χ1) is 8.08. The van der Waals surface area contributed by atoms with Crippen LogP contribution in [0, 0.1) is 3.57 Å². The normalized spacial score (nSPS) is 10.6. The van der Waals surface area contributed by atoms with Gasteiger partial charge < -0.3 is 10.6 Å². The molecule has 1 aromatic rings. The van der Waals surface area contributed by atoms with Crippen LogP contribution in [0.2, 0.25) is 0 Å². The van der Waals surface area contributed by atoms with Crippen LogP contribution in [0.1, 0.15) is 26.7 Å². The Balaban J connectivity index is 2.23. The number of hydrogen-bond donors (Lipinski definition) is 2. The molecule has 0 bridgehead atoms. The van der Waals surface area contributed by atoms with E-state index in [9.17, 15) is 4.79 Å². The van der Waals surface area contributed by atoms with E-state index in [1.54, 1.807) is 0 Å². The maximum atomic E-state index is 11.6. The van der Waals surface area contributed by atoms with Gasteiger partial charge in [0.05, 0.1) is 0 Å². The van der Waals surface area contributed by atoms with Crippen LogP contribution in [-0.2, 0) is 4.79 Å². The Morgan fingerprint density at radius 1 is 1.29 bits per heavy atom. The van der Waals surface area contributed by atoms with Gasteiger partial charge in [0, 0.05) is 21.7 Å². The highest BCUT2D eigenvalue weighted by Crippen LogP contribution is 2.11. The molecule has 17 heavy (non-hydrogen) atoms. The lowest BCUT2D eigenvalue weighted by Gasteiger charge is -2.08. The van der Waals surface area contributed by atoms with Gasteiger partial charge in [-0.15, -0.1) is 0 Å². The van der Waals surface area contributed by atoms with Crippen LogP contribution < -0.4 is 10.6 Å². The zero-order valence-corrected chi connectivity index (χ0v) is 12.5. The molecule has 0 heterocycles. The molecule has 0 saturated heterocycles. The van der Waals surface area contributed by atoms with Crippen molar-refractivity contribution in [2.45, 2.75) is 32.7 Å². The number of carbonyl (C=O) groups excluding carboxylic acids is 1. The summed E-state index contributed by atoms with van der Waals surface area (Å²) in [6.07, 6.45) is 1.43. The fourth-order valence-corrected chi connectivity index (χ4v) is 1.76. The molecular weight excluding hydrogens is 327 g/mol. The minimum atomic E-state index is 0.0803. The number of benzene rings is 1. The monoisotopic (exact) mass is 346 g/mol. The first-order valence-corrected chi connectivity index (χ1v) is 6.94. The molecule has 1 aromatic carbocycles. The summed E-state index contributed by atoms with van der Waals surface area (Å²) in [6.45, 7) is 5.09. The standard InChI is InChI=1S/C13H19IN2O/c1-10(2)15-9-3-4-13(17)16-12-7-5-11(14)6-8-12/h5-8,10,15H,3-4,9H2,1-2H3,(H,16,17). The number of anilines is 1. The van der Waals surface area contributed by atoms with Gasteiger partial charge >= 0.3 is 0 Å². The van der Waals surface area contributed by atoms with Crippen LogP contribution in [0.5, 0.6) is 0 Å². The SMILES string of the molecule is CC(C)NCCCC(=O)Nc1ccc(I)cc1. The van der Waals surface area contributed by atoms with E-state index in [-0.39, 0.29) is 5.91 Å². The Hall–Kier alpha value is -0.620. The average Bonchev–Trinajstić information content (AvgIpc) is 2.27. The number of carbonyl (C=O) groups is 1. The molecule has 1 rings (SSSR count). The summed E-state index contributed by atoms with van der Waals surface area (Å²) in [6, 6.07) is 8.29. The lowest BCUT2D eigenvalue weighted by molar-refractivity contribution is -0.116. The molecule has 0 radical (unpaired) electrons. The molecule has 0 aliphatic carbocycles. The molecule has 0 atom stereocenters. The van der Waals surface area contributed by atoms with Gasteiger partial charge in [0.2, 0.25) is 5.91 Å². The van der Waals surface area contributed by atoms with Crippen LogP contribution in [-0.4, -0.2) is 18.5 Å². The second kappa shape index (κ2) is 7.66. The number of halogens is 1. The minimum Gasteiger partial charge on any atom is -0.326 e. The van der Waals surface area contributed by atoms with Crippen molar-refractivity contribution in [1.29, 1.82) is 0 Å². The van der Waals surface area contributed by atoms with Crippen LogP contribution in [0.3, 0.4) is 0 Å². The summed E-state index contributed by atoms with van der Waals surface area (Å²) in [4.78, 5) is 11.6. The number of hydrogen-bond acceptors (Lipinski definition) is 2. The number of nitrogens with one attached hydrogen (secondary N) is 2. The highest BCUT2D eigenvalue weighted by Gasteiger charge is 2.02. The van der Waals surface area contributed by atoms with E-state index in [1.807, 2.05) is 24.3 Å². The van der Waals surface area contributed by atoms with Gasteiger partial charge in [-0.3, -0.25) is 4.79 Å². The summed E-state index contributed by atoms with van der Waals surface area (Å²) in [7, 11) is 0. The number of rotatable bonds is 6. The predicted octanol–water partition coefficient (Wildman–Crippen LogP) is 3.01. The molecule has 0 fully saturated rings. The molecule has 0 saturated carbocycles. The summed E-state index contributed by atoms with van der Waals surface area (Å²) >= 11 is 2.24. The van der Waals surface area contributed by atoms with Crippen molar-refractivity contribution in [2.75, 3.05) is 11.9 Å². The van der Waals surface area contributed by atoms with Gasteiger partial charge in [-0.1, -0.05) is 13.8 Å². The molecule has 2 N–H and O–H groups in total. The lowest BCUT2D eigenvalue weighted by atomic mass is 10.2. The van der Waals surface area contributed by atoms with E-state index in [2.05, 4.69) is 47.1 Å². The molecular formula is C13H19IN2O. The van der Waals surface area contributed by atoms with E-state index < -0.39 is 0 Å². The molecule has 4 heteroatoms. The third kappa shape index (κ3) is 6.63. The maximum absolute atomic E-state index is 11.6. The quantitative estimate of drug-likeness (QED) is 0.614. The largest absolute Gasteiger partial charge is 0.326 e. The lowest BCUT2D eigenvalue weighted by Crippen LogP contribution is -2.24. The molecule has 0 unspecified atom stereocenters. The fraction of sp³-hybridized carbons (Fsp3) is 0.462. The summed E-state index contributed by atoms with van der Waals surface area (Å²) in [5.74, 6) is 0.0803. The molecule has 0 aromatic heterocycles. The van der Waals surface area contributed by atoms with Crippen molar-refractivity contribution in [3.63, 3.8) is 0 Å². The fourth-order valence-electron chi connectivity index (χ4n) is 1.40. The van der Waals surface area contributed by atoms with Gasteiger partial charge in [0.1, 0.15) is 0 Å². The smallest absolute Gasteiger partial charge is 0.224 e. The number of amides is 1.